The molecule has 0 fully saturated rings. The topological polar surface area (TPSA) is 42.6 Å². The fraction of sp³-hybridized carbons (Fsp3) is 0.333. The third-order valence-corrected chi connectivity index (χ3v) is 3.32. The van der Waals surface area contributed by atoms with Gasteiger partial charge in [-0.15, -0.1) is 0 Å². The Labute approximate surface area is 107 Å². The molecule has 1 unspecified atom stereocenters. The van der Waals surface area contributed by atoms with Crippen LogP contribution >= 0.6 is 0 Å². The maximum Gasteiger partial charge on any atom is 0.118 e. The van der Waals surface area contributed by atoms with Crippen molar-refractivity contribution in [1.29, 1.82) is 0 Å². The summed E-state index contributed by atoms with van der Waals surface area (Å²) in [5.41, 5.74) is 2.70. The van der Waals surface area contributed by atoms with Crippen LogP contribution in [0.25, 0.3) is 0 Å². The maximum atomic E-state index is 10.4. The number of aliphatic hydroxyl groups is 1. The standard InChI is InChI=1S/C15H18O3/c1-9-10(2)18-11(3)14(9)15(16)12-5-7-13(17-4)8-6-12/h5-8,15-16H,1-4H3. The zero-order valence-electron chi connectivity index (χ0n) is 11.2. The van der Waals surface area contributed by atoms with Crippen LogP contribution in [0.4, 0.5) is 0 Å². The smallest absolute Gasteiger partial charge is 0.118 e. The van der Waals surface area contributed by atoms with Gasteiger partial charge in [0.15, 0.2) is 0 Å². The van der Waals surface area contributed by atoms with Crippen molar-refractivity contribution in [3.05, 3.63) is 52.5 Å². The molecule has 2 rings (SSSR count). The normalized spacial score (nSPS) is 12.5. The lowest BCUT2D eigenvalue weighted by Gasteiger charge is -2.12. The number of rotatable bonds is 3. The Morgan fingerprint density at radius 1 is 1.06 bits per heavy atom. The van der Waals surface area contributed by atoms with Crippen molar-refractivity contribution in [1.82, 2.24) is 0 Å². The van der Waals surface area contributed by atoms with Gasteiger partial charge in [0.05, 0.1) is 7.11 Å². The maximum absolute atomic E-state index is 10.4. The average molecular weight is 246 g/mol. The summed E-state index contributed by atoms with van der Waals surface area (Å²) in [4.78, 5) is 0. The first-order valence-corrected chi connectivity index (χ1v) is 5.93. The molecule has 96 valence electrons. The monoisotopic (exact) mass is 246 g/mol. The highest BCUT2D eigenvalue weighted by atomic mass is 16.5. The second-order valence-electron chi connectivity index (χ2n) is 4.43. The Kier molecular flexibility index (Phi) is 3.43. The SMILES string of the molecule is COc1ccc(C(O)c2c(C)oc(C)c2C)cc1. The van der Waals surface area contributed by atoms with Crippen LogP contribution in [0.3, 0.4) is 0 Å². The van der Waals surface area contributed by atoms with Crippen molar-refractivity contribution in [3.63, 3.8) is 0 Å². The van der Waals surface area contributed by atoms with Crippen LogP contribution in [-0.4, -0.2) is 12.2 Å². The highest BCUT2D eigenvalue weighted by molar-refractivity contribution is 5.40. The largest absolute Gasteiger partial charge is 0.497 e. The molecule has 0 aliphatic carbocycles. The average Bonchev–Trinajstić information content (AvgIpc) is 2.63. The first-order valence-electron chi connectivity index (χ1n) is 5.93. The minimum Gasteiger partial charge on any atom is -0.497 e. The van der Waals surface area contributed by atoms with Crippen LogP contribution in [0.5, 0.6) is 5.75 Å². The lowest BCUT2D eigenvalue weighted by atomic mass is 9.98. The van der Waals surface area contributed by atoms with Gasteiger partial charge in [-0.3, -0.25) is 0 Å². The quantitative estimate of drug-likeness (QED) is 0.903. The minimum absolute atomic E-state index is 0.659. The Morgan fingerprint density at radius 2 is 1.67 bits per heavy atom. The van der Waals surface area contributed by atoms with Gasteiger partial charge < -0.3 is 14.3 Å². The lowest BCUT2D eigenvalue weighted by molar-refractivity contribution is 0.217. The highest BCUT2D eigenvalue weighted by Crippen LogP contribution is 2.31. The summed E-state index contributed by atoms with van der Waals surface area (Å²) < 4.78 is 10.7. The third-order valence-electron chi connectivity index (χ3n) is 3.32. The molecule has 1 aromatic heterocycles. The van der Waals surface area contributed by atoms with Gasteiger partial charge in [0.25, 0.3) is 0 Å². The fourth-order valence-electron chi connectivity index (χ4n) is 2.17. The van der Waals surface area contributed by atoms with Crippen LogP contribution in [0.2, 0.25) is 0 Å². The van der Waals surface area contributed by atoms with Crippen molar-refractivity contribution < 1.29 is 14.3 Å². The van der Waals surface area contributed by atoms with Crippen molar-refractivity contribution in [2.75, 3.05) is 7.11 Å². The van der Waals surface area contributed by atoms with E-state index in [1.165, 1.54) is 0 Å². The number of aliphatic hydroxyl groups excluding tert-OH is 1. The number of ether oxygens (including phenoxy) is 1. The first kappa shape index (κ1) is 12.7. The molecule has 18 heavy (non-hydrogen) atoms. The predicted molar refractivity (Wildman–Crippen MR) is 70.0 cm³/mol. The van der Waals surface area contributed by atoms with Crippen LogP contribution in [0.15, 0.2) is 28.7 Å². The lowest BCUT2D eigenvalue weighted by Crippen LogP contribution is -2.02. The van der Waals surface area contributed by atoms with Crippen molar-refractivity contribution >= 4 is 0 Å². The zero-order chi connectivity index (χ0) is 13.3. The van der Waals surface area contributed by atoms with E-state index < -0.39 is 6.10 Å². The Bertz CT molecular complexity index is 538. The molecular weight excluding hydrogens is 228 g/mol. The second-order valence-corrected chi connectivity index (χ2v) is 4.43. The van der Waals surface area contributed by atoms with E-state index in [4.69, 9.17) is 9.15 Å². The van der Waals surface area contributed by atoms with E-state index in [2.05, 4.69) is 0 Å². The molecule has 0 aliphatic rings. The molecule has 1 atom stereocenters. The van der Waals surface area contributed by atoms with E-state index in [-0.39, 0.29) is 0 Å². The van der Waals surface area contributed by atoms with Gasteiger partial charge in [-0.2, -0.15) is 0 Å². The Balaban J connectivity index is 2.37. The van der Waals surface area contributed by atoms with E-state index in [1.807, 2.05) is 45.0 Å². The predicted octanol–water partition coefficient (Wildman–Crippen LogP) is 3.30. The number of hydrogen-bond donors (Lipinski definition) is 1. The van der Waals surface area contributed by atoms with Crippen LogP contribution in [0, 0.1) is 20.8 Å². The summed E-state index contributed by atoms with van der Waals surface area (Å²) in [6, 6.07) is 7.42. The molecule has 1 heterocycles. The van der Waals surface area contributed by atoms with Gasteiger partial charge in [-0.1, -0.05) is 12.1 Å². The number of aryl methyl sites for hydroxylation is 2. The molecule has 0 saturated carbocycles. The summed E-state index contributed by atoms with van der Waals surface area (Å²) in [5, 5.41) is 10.4. The molecule has 1 aromatic carbocycles. The summed E-state index contributed by atoms with van der Waals surface area (Å²) in [6.45, 7) is 5.75. The molecule has 0 aliphatic heterocycles. The summed E-state index contributed by atoms with van der Waals surface area (Å²) in [6.07, 6.45) is -0.659. The molecule has 3 heteroatoms. The van der Waals surface area contributed by atoms with Gasteiger partial charge in [0.1, 0.15) is 23.4 Å². The second kappa shape index (κ2) is 4.86. The fourth-order valence-corrected chi connectivity index (χ4v) is 2.17. The molecule has 3 nitrogen and oxygen atoms in total. The summed E-state index contributed by atoms with van der Waals surface area (Å²) in [5.74, 6) is 2.41. The highest BCUT2D eigenvalue weighted by Gasteiger charge is 2.20. The van der Waals surface area contributed by atoms with E-state index in [9.17, 15) is 5.11 Å². The molecule has 1 N–H and O–H groups in total. The van der Waals surface area contributed by atoms with Crippen molar-refractivity contribution in [2.45, 2.75) is 26.9 Å². The van der Waals surface area contributed by atoms with Crippen molar-refractivity contribution in [3.8, 4) is 5.75 Å². The minimum atomic E-state index is -0.659. The number of methoxy groups -OCH3 is 1. The summed E-state index contributed by atoms with van der Waals surface area (Å²) in [7, 11) is 1.62. The Morgan fingerprint density at radius 3 is 2.11 bits per heavy atom. The first-order chi connectivity index (χ1) is 8.54. The van der Waals surface area contributed by atoms with Gasteiger partial charge in [0, 0.05) is 5.56 Å². The van der Waals surface area contributed by atoms with Gasteiger partial charge in [0.2, 0.25) is 0 Å². The molecule has 0 bridgehead atoms. The van der Waals surface area contributed by atoms with E-state index in [1.54, 1.807) is 7.11 Å². The molecular formula is C15H18O3. The number of benzene rings is 1. The van der Waals surface area contributed by atoms with Gasteiger partial charge in [-0.25, -0.2) is 0 Å². The van der Waals surface area contributed by atoms with Gasteiger partial charge in [-0.05, 0) is 44.0 Å². The molecule has 2 aromatic rings. The third kappa shape index (κ3) is 2.14. The van der Waals surface area contributed by atoms with Crippen LogP contribution in [-0.2, 0) is 0 Å². The zero-order valence-corrected chi connectivity index (χ0v) is 11.2. The van der Waals surface area contributed by atoms with E-state index >= 15 is 0 Å². The molecule has 0 radical (unpaired) electrons. The molecule has 0 saturated heterocycles. The summed E-state index contributed by atoms with van der Waals surface area (Å²) >= 11 is 0. The van der Waals surface area contributed by atoms with Crippen molar-refractivity contribution in [2.24, 2.45) is 0 Å². The van der Waals surface area contributed by atoms with E-state index in [0.717, 1.165) is 34.0 Å². The van der Waals surface area contributed by atoms with Gasteiger partial charge >= 0.3 is 0 Å². The van der Waals surface area contributed by atoms with Crippen LogP contribution < -0.4 is 4.74 Å². The number of furan rings is 1. The Hall–Kier alpha value is -1.74. The van der Waals surface area contributed by atoms with Crippen LogP contribution in [0.1, 0.15) is 34.3 Å². The molecule has 0 spiro atoms. The van der Waals surface area contributed by atoms with E-state index in [0.29, 0.717) is 0 Å². The number of hydrogen-bond acceptors (Lipinski definition) is 3. The molecule has 0 amide bonds.